The number of carbonyl (C=O) groups is 1. The highest BCUT2D eigenvalue weighted by Crippen LogP contribution is 2.19. The van der Waals surface area contributed by atoms with Gasteiger partial charge in [0.25, 0.3) is 0 Å². The molecule has 0 aliphatic carbocycles. The number of aromatic amines is 1. The van der Waals surface area contributed by atoms with Crippen molar-refractivity contribution in [1.29, 1.82) is 0 Å². The Morgan fingerprint density at radius 3 is 2.64 bits per heavy atom. The minimum atomic E-state index is -3.60. The molecule has 0 spiro atoms. The van der Waals surface area contributed by atoms with Crippen molar-refractivity contribution in [1.82, 2.24) is 10.3 Å². The second kappa shape index (κ2) is 7.11. The van der Waals surface area contributed by atoms with E-state index in [9.17, 15) is 13.2 Å². The Morgan fingerprint density at radius 1 is 1.12 bits per heavy atom. The first-order valence-electron chi connectivity index (χ1n) is 8.07. The molecule has 2 aromatic carbocycles. The Hall–Kier alpha value is -2.60. The van der Waals surface area contributed by atoms with Crippen molar-refractivity contribution < 1.29 is 13.2 Å². The molecule has 6 heteroatoms. The molecule has 0 unspecified atom stereocenters. The maximum absolute atomic E-state index is 12.2. The second-order valence-electron chi connectivity index (χ2n) is 6.04. The van der Waals surface area contributed by atoms with E-state index in [2.05, 4.69) is 16.4 Å². The van der Waals surface area contributed by atoms with Crippen LogP contribution in [0.5, 0.6) is 0 Å². The van der Waals surface area contributed by atoms with Crippen LogP contribution in [0.1, 0.15) is 11.1 Å². The number of fused-ring (bicyclic) bond motifs is 1. The van der Waals surface area contributed by atoms with E-state index in [0.29, 0.717) is 13.0 Å². The van der Waals surface area contributed by atoms with Gasteiger partial charge in [-0.05, 0) is 43.2 Å². The van der Waals surface area contributed by atoms with Gasteiger partial charge in [0, 0.05) is 23.6 Å². The minimum Gasteiger partial charge on any atom is -0.361 e. The summed E-state index contributed by atoms with van der Waals surface area (Å²) in [7, 11) is -3.60. The van der Waals surface area contributed by atoms with Crippen LogP contribution in [0, 0.1) is 6.92 Å². The van der Waals surface area contributed by atoms with Gasteiger partial charge in [0.05, 0.1) is 4.90 Å². The number of rotatable bonds is 6. The van der Waals surface area contributed by atoms with Crippen LogP contribution in [0.15, 0.2) is 59.6 Å². The topological polar surface area (TPSA) is 79.0 Å². The normalized spacial score (nSPS) is 11.6. The fraction of sp³-hybridized carbons (Fsp3) is 0.211. The molecule has 3 rings (SSSR count). The molecule has 1 amide bonds. The van der Waals surface area contributed by atoms with E-state index in [-0.39, 0.29) is 4.90 Å². The van der Waals surface area contributed by atoms with Gasteiger partial charge >= 0.3 is 0 Å². The molecule has 1 heterocycles. The molecular formula is C19H20N2O3S. The first-order chi connectivity index (χ1) is 12.0. The standard InChI is InChI=1S/C19H20N2O3S/c1-14-7-8-18-17(11-14)15(12-21-18)9-10-20-19(22)13-25(23,24)16-5-3-2-4-6-16/h2-8,11-12,21H,9-10,13H2,1H3,(H,20,22). The van der Waals surface area contributed by atoms with Crippen LogP contribution in [-0.2, 0) is 21.1 Å². The van der Waals surface area contributed by atoms with Gasteiger partial charge in [-0.3, -0.25) is 4.79 Å². The number of benzene rings is 2. The van der Waals surface area contributed by atoms with Crippen LogP contribution in [0.4, 0.5) is 0 Å². The maximum atomic E-state index is 12.2. The van der Waals surface area contributed by atoms with E-state index >= 15 is 0 Å². The largest absolute Gasteiger partial charge is 0.361 e. The lowest BCUT2D eigenvalue weighted by molar-refractivity contribution is -0.118. The average Bonchev–Trinajstić information content (AvgIpc) is 2.97. The van der Waals surface area contributed by atoms with E-state index in [1.807, 2.05) is 25.3 Å². The number of carbonyl (C=O) groups excluding carboxylic acids is 1. The van der Waals surface area contributed by atoms with Crippen LogP contribution in [0.3, 0.4) is 0 Å². The van der Waals surface area contributed by atoms with Crippen molar-refractivity contribution in [2.75, 3.05) is 12.3 Å². The second-order valence-corrected chi connectivity index (χ2v) is 8.02. The molecule has 3 aromatic rings. The predicted octanol–water partition coefficient (Wildman–Crippen LogP) is 2.61. The van der Waals surface area contributed by atoms with Crippen LogP contribution in [-0.4, -0.2) is 31.6 Å². The van der Waals surface area contributed by atoms with E-state index in [0.717, 1.165) is 16.5 Å². The zero-order valence-electron chi connectivity index (χ0n) is 14.0. The van der Waals surface area contributed by atoms with Gasteiger partial charge in [0.2, 0.25) is 5.91 Å². The number of sulfone groups is 1. The molecular weight excluding hydrogens is 336 g/mol. The fourth-order valence-electron chi connectivity index (χ4n) is 2.77. The Balaban J connectivity index is 1.58. The Labute approximate surface area is 147 Å². The van der Waals surface area contributed by atoms with E-state index in [4.69, 9.17) is 0 Å². The summed E-state index contributed by atoms with van der Waals surface area (Å²) in [5.41, 5.74) is 3.33. The lowest BCUT2D eigenvalue weighted by atomic mass is 10.1. The summed E-state index contributed by atoms with van der Waals surface area (Å²) in [4.78, 5) is 15.3. The molecule has 0 radical (unpaired) electrons. The third-order valence-corrected chi connectivity index (χ3v) is 5.70. The lowest BCUT2D eigenvalue weighted by Gasteiger charge is -2.06. The Bertz CT molecular complexity index is 992. The van der Waals surface area contributed by atoms with Crippen LogP contribution in [0.2, 0.25) is 0 Å². The maximum Gasteiger partial charge on any atom is 0.235 e. The van der Waals surface area contributed by atoms with Gasteiger partial charge in [-0.1, -0.05) is 29.8 Å². The van der Waals surface area contributed by atoms with Gasteiger partial charge in [-0.2, -0.15) is 0 Å². The Morgan fingerprint density at radius 2 is 1.88 bits per heavy atom. The molecule has 5 nitrogen and oxygen atoms in total. The summed E-state index contributed by atoms with van der Waals surface area (Å²) in [6, 6.07) is 14.2. The van der Waals surface area contributed by atoms with E-state index in [1.54, 1.807) is 18.2 Å². The van der Waals surface area contributed by atoms with Gasteiger partial charge in [0.1, 0.15) is 5.75 Å². The third kappa shape index (κ3) is 4.09. The molecule has 0 saturated heterocycles. The molecule has 0 bridgehead atoms. The number of hydrogen-bond donors (Lipinski definition) is 2. The van der Waals surface area contributed by atoms with Crippen LogP contribution in [0.25, 0.3) is 10.9 Å². The highest BCUT2D eigenvalue weighted by atomic mass is 32.2. The summed E-state index contributed by atoms with van der Waals surface area (Å²) in [5.74, 6) is -1.02. The van der Waals surface area contributed by atoms with Crippen LogP contribution < -0.4 is 5.32 Å². The van der Waals surface area contributed by atoms with E-state index < -0.39 is 21.5 Å². The molecule has 1 aromatic heterocycles. The summed E-state index contributed by atoms with van der Waals surface area (Å²) in [6.45, 7) is 2.43. The molecule has 0 saturated carbocycles. The summed E-state index contributed by atoms with van der Waals surface area (Å²) < 4.78 is 24.4. The molecule has 130 valence electrons. The minimum absolute atomic E-state index is 0.164. The number of H-pyrrole nitrogens is 1. The SMILES string of the molecule is Cc1ccc2[nH]cc(CCNC(=O)CS(=O)(=O)c3ccccc3)c2c1. The van der Waals surface area contributed by atoms with Gasteiger partial charge in [-0.15, -0.1) is 0 Å². The zero-order chi connectivity index (χ0) is 17.9. The summed E-state index contributed by atoms with van der Waals surface area (Å²) in [6.07, 6.45) is 2.57. The van der Waals surface area contributed by atoms with Crippen molar-refractivity contribution in [2.45, 2.75) is 18.2 Å². The van der Waals surface area contributed by atoms with Crippen molar-refractivity contribution in [3.63, 3.8) is 0 Å². The van der Waals surface area contributed by atoms with E-state index in [1.165, 1.54) is 17.7 Å². The zero-order valence-corrected chi connectivity index (χ0v) is 14.8. The number of hydrogen-bond acceptors (Lipinski definition) is 3. The molecule has 25 heavy (non-hydrogen) atoms. The number of aromatic nitrogens is 1. The van der Waals surface area contributed by atoms with Crippen molar-refractivity contribution >= 4 is 26.6 Å². The molecule has 2 N–H and O–H groups in total. The average molecular weight is 356 g/mol. The molecule has 0 atom stereocenters. The van der Waals surface area contributed by atoms with Crippen molar-refractivity contribution in [2.24, 2.45) is 0 Å². The monoisotopic (exact) mass is 356 g/mol. The first-order valence-corrected chi connectivity index (χ1v) is 9.72. The first kappa shape index (κ1) is 17.2. The van der Waals surface area contributed by atoms with Gasteiger partial charge < -0.3 is 10.3 Å². The number of nitrogens with one attached hydrogen (secondary N) is 2. The highest BCUT2D eigenvalue weighted by Gasteiger charge is 2.18. The van der Waals surface area contributed by atoms with Crippen molar-refractivity contribution in [3.8, 4) is 0 Å². The van der Waals surface area contributed by atoms with Crippen molar-refractivity contribution in [3.05, 3.63) is 65.9 Å². The number of amides is 1. The highest BCUT2D eigenvalue weighted by molar-refractivity contribution is 7.92. The molecule has 0 aliphatic heterocycles. The quantitative estimate of drug-likeness (QED) is 0.712. The summed E-state index contributed by atoms with van der Waals surface area (Å²) in [5, 5.41) is 3.82. The Kier molecular flexibility index (Phi) is 4.90. The van der Waals surface area contributed by atoms with Crippen LogP contribution >= 0.6 is 0 Å². The molecule has 0 aliphatic rings. The van der Waals surface area contributed by atoms with Gasteiger partial charge in [-0.25, -0.2) is 8.42 Å². The smallest absolute Gasteiger partial charge is 0.235 e. The number of aryl methyl sites for hydroxylation is 1. The predicted molar refractivity (Wildman–Crippen MR) is 98.2 cm³/mol. The fourth-order valence-corrected chi connectivity index (χ4v) is 3.96. The molecule has 0 fully saturated rings. The summed E-state index contributed by atoms with van der Waals surface area (Å²) >= 11 is 0. The lowest BCUT2D eigenvalue weighted by Crippen LogP contribution is -2.31. The van der Waals surface area contributed by atoms with Gasteiger partial charge in [0.15, 0.2) is 9.84 Å². The third-order valence-electron chi connectivity index (χ3n) is 4.06.